The van der Waals surface area contributed by atoms with E-state index in [-0.39, 0.29) is 12.1 Å². The predicted octanol–water partition coefficient (Wildman–Crippen LogP) is 4.47. The number of hydrogen-bond acceptors (Lipinski definition) is 5. The van der Waals surface area contributed by atoms with E-state index in [1.807, 2.05) is 42.2 Å². The number of amidine groups is 1. The van der Waals surface area contributed by atoms with Gasteiger partial charge in [-0.25, -0.2) is 0 Å². The molecular weight excluding hydrogens is 368 g/mol. The number of pyridine rings is 1. The van der Waals surface area contributed by atoms with Crippen molar-refractivity contribution in [1.29, 1.82) is 0 Å². The van der Waals surface area contributed by atoms with Gasteiger partial charge in [0.15, 0.2) is 5.17 Å². The van der Waals surface area contributed by atoms with Crippen molar-refractivity contribution in [3.8, 4) is 11.4 Å². The quantitative estimate of drug-likeness (QED) is 0.659. The molecule has 2 aromatic heterocycles. The van der Waals surface area contributed by atoms with Crippen molar-refractivity contribution in [3.05, 3.63) is 78.4 Å². The molecule has 142 valence electrons. The zero-order chi connectivity index (χ0) is 19.1. The lowest BCUT2D eigenvalue weighted by Crippen LogP contribution is -2.30. The highest BCUT2D eigenvalue weighted by Gasteiger charge is 2.44. The first kappa shape index (κ1) is 17.4. The molecule has 0 saturated carbocycles. The molecule has 4 heterocycles. The van der Waals surface area contributed by atoms with Crippen LogP contribution in [-0.4, -0.2) is 38.5 Å². The molecule has 0 radical (unpaired) electrons. The summed E-state index contributed by atoms with van der Waals surface area (Å²) in [6.07, 6.45) is 3.97. The second-order valence-electron chi connectivity index (χ2n) is 7.14. The third-order valence-electron chi connectivity index (χ3n) is 5.30. The summed E-state index contributed by atoms with van der Waals surface area (Å²) < 4.78 is 7.68. The van der Waals surface area contributed by atoms with Crippen molar-refractivity contribution in [2.24, 2.45) is 4.99 Å². The Morgan fingerprint density at radius 3 is 2.86 bits per heavy atom. The van der Waals surface area contributed by atoms with E-state index in [1.54, 1.807) is 7.11 Å². The highest BCUT2D eigenvalue weighted by molar-refractivity contribution is 8.14. The summed E-state index contributed by atoms with van der Waals surface area (Å²) in [7, 11) is 1.70. The first-order valence-corrected chi connectivity index (χ1v) is 10.4. The van der Waals surface area contributed by atoms with E-state index in [2.05, 4.69) is 57.9 Å². The molecular formula is C22H22N4OS. The van der Waals surface area contributed by atoms with Crippen LogP contribution in [0.4, 0.5) is 0 Å². The van der Waals surface area contributed by atoms with E-state index in [1.165, 1.54) is 5.69 Å². The Morgan fingerprint density at radius 2 is 2.04 bits per heavy atom. The molecule has 0 spiro atoms. The SMILES string of the molecule is COc1cccc(-n2cccc2[C@@H]2[C@@H](c3ccccn3)N=C3S[C@@H](C)CN32)c1. The molecule has 2 aliphatic rings. The average Bonchev–Trinajstić information content (AvgIpc) is 3.42. The maximum Gasteiger partial charge on any atom is 0.160 e. The van der Waals surface area contributed by atoms with Crippen LogP contribution in [0, 0.1) is 0 Å². The van der Waals surface area contributed by atoms with Crippen LogP contribution in [0.25, 0.3) is 5.69 Å². The fourth-order valence-electron chi connectivity index (χ4n) is 4.07. The van der Waals surface area contributed by atoms with Gasteiger partial charge in [-0.2, -0.15) is 0 Å². The maximum atomic E-state index is 5.43. The van der Waals surface area contributed by atoms with Crippen molar-refractivity contribution in [2.45, 2.75) is 24.3 Å². The summed E-state index contributed by atoms with van der Waals surface area (Å²) in [6, 6.07) is 18.7. The zero-order valence-corrected chi connectivity index (χ0v) is 16.7. The van der Waals surface area contributed by atoms with E-state index < -0.39 is 0 Å². The number of fused-ring (bicyclic) bond motifs is 1. The molecule has 0 bridgehead atoms. The molecule has 6 heteroatoms. The molecule has 0 amide bonds. The third kappa shape index (κ3) is 2.88. The number of thioether (sulfide) groups is 1. The Labute approximate surface area is 169 Å². The average molecular weight is 391 g/mol. The Bertz CT molecular complexity index is 1020. The van der Waals surface area contributed by atoms with E-state index in [0.29, 0.717) is 5.25 Å². The summed E-state index contributed by atoms with van der Waals surface area (Å²) in [6.45, 7) is 3.26. The summed E-state index contributed by atoms with van der Waals surface area (Å²) in [4.78, 5) is 12.2. The Hall–Kier alpha value is -2.73. The van der Waals surface area contributed by atoms with Gasteiger partial charge in [0.2, 0.25) is 0 Å². The van der Waals surface area contributed by atoms with Gasteiger partial charge >= 0.3 is 0 Å². The summed E-state index contributed by atoms with van der Waals surface area (Å²) >= 11 is 1.86. The van der Waals surface area contributed by atoms with Gasteiger partial charge in [0.25, 0.3) is 0 Å². The van der Waals surface area contributed by atoms with Crippen molar-refractivity contribution in [3.63, 3.8) is 0 Å². The van der Waals surface area contributed by atoms with Crippen LogP contribution >= 0.6 is 11.8 Å². The Morgan fingerprint density at radius 1 is 1.11 bits per heavy atom. The second-order valence-corrected chi connectivity index (χ2v) is 8.55. The molecule has 0 unspecified atom stereocenters. The largest absolute Gasteiger partial charge is 0.497 e. The third-order valence-corrected chi connectivity index (χ3v) is 6.40. The van der Waals surface area contributed by atoms with Gasteiger partial charge in [-0.05, 0) is 36.4 Å². The first-order valence-electron chi connectivity index (χ1n) is 9.48. The van der Waals surface area contributed by atoms with Crippen LogP contribution < -0.4 is 4.74 Å². The fraction of sp³-hybridized carbons (Fsp3) is 0.273. The standard InChI is InChI=1S/C22H22N4OS/c1-15-14-26-21(20(24-22(26)28-15)18-9-3-4-11-23-18)19-10-6-12-25(19)16-7-5-8-17(13-16)27-2/h3-13,15,20-21H,14H2,1-2H3/t15-,20+,21+/m0/s1. The van der Waals surface area contributed by atoms with Crippen LogP contribution in [0.15, 0.2) is 72.0 Å². The van der Waals surface area contributed by atoms with E-state index in [4.69, 9.17) is 9.73 Å². The smallest absolute Gasteiger partial charge is 0.160 e. The summed E-state index contributed by atoms with van der Waals surface area (Å²) in [5.74, 6) is 0.854. The lowest BCUT2D eigenvalue weighted by Gasteiger charge is -2.28. The molecule has 2 aliphatic heterocycles. The van der Waals surface area contributed by atoms with Crippen molar-refractivity contribution < 1.29 is 4.74 Å². The monoisotopic (exact) mass is 390 g/mol. The molecule has 1 aromatic carbocycles. The molecule has 0 N–H and O–H groups in total. The van der Waals surface area contributed by atoms with Gasteiger partial charge < -0.3 is 14.2 Å². The Balaban J connectivity index is 1.60. The number of hydrogen-bond donors (Lipinski definition) is 0. The van der Waals surface area contributed by atoms with Gasteiger partial charge in [0.1, 0.15) is 11.8 Å². The van der Waals surface area contributed by atoms with Gasteiger partial charge in [0, 0.05) is 41.6 Å². The number of nitrogens with zero attached hydrogens (tertiary/aromatic N) is 4. The van der Waals surface area contributed by atoms with Crippen LogP contribution in [0.5, 0.6) is 5.75 Å². The number of aliphatic imine (C=N–C) groups is 1. The number of benzene rings is 1. The highest BCUT2D eigenvalue weighted by atomic mass is 32.2. The van der Waals surface area contributed by atoms with E-state index in [9.17, 15) is 0 Å². The molecule has 3 atom stereocenters. The number of rotatable bonds is 4. The molecule has 28 heavy (non-hydrogen) atoms. The number of methoxy groups -OCH3 is 1. The van der Waals surface area contributed by atoms with Crippen LogP contribution in [0.3, 0.4) is 0 Å². The van der Waals surface area contributed by atoms with E-state index >= 15 is 0 Å². The van der Waals surface area contributed by atoms with Gasteiger partial charge in [-0.15, -0.1) is 0 Å². The van der Waals surface area contributed by atoms with Crippen molar-refractivity contribution in [2.75, 3.05) is 13.7 Å². The molecule has 3 aromatic rings. The fourth-order valence-corrected chi connectivity index (χ4v) is 5.16. The minimum Gasteiger partial charge on any atom is -0.497 e. The number of aromatic nitrogens is 2. The molecule has 1 fully saturated rings. The zero-order valence-electron chi connectivity index (χ0n) is 15.9. The molecule has 0 aliphatic carbocycles. The Kier molecular flexibility index (Phi) is 4.36. The summed E-state index contributed by atoms with van der Waals surface area (Å²) in [5, 5.41) is 1.68. The minimum absolute atomic E-state index is 0.00421. The molecule has 1 saturated heterocycles. The van der Waals surface area contributed by atoms with Crippen LogP contribution in [0.1, 0.15) is 30.4 Å². The van der Waals surface area contributed by atoms with E-state index in [0.717, 1.165) is 28.8 Å². The number of ether oxygens (including phenoxy) is 1. The second kappa shape index (κ2) is 7.02. The molecule has 5 nitrogen and oxygen atoms in total. The van der Waals surface area contributed by atoms with Crippen molar-refractivity contribution >= 4 is 16.9 Å². The van der Waals surface area contributed by atoms with Crippen molar-refractivity contribution in [1.82, 2.24) is 14.5 Å². The predicted molar refractivity (Wildman–Crippen MR) is 113 cm³/mol. The lowest BCUT2D eigenvalue weighted by molar-refractivity contribution is 0.312. The minimum atomic E-state index is -0.00421. The first-order chi connectivity index (χ1) is 13.7. The van der Waals surface area contributed by atoms with Gasteiger partial charge in [-0.3, -0.25) is 9.98 Å². The van der Waals surface area contributed by atoms with Gasteiger partial charge in [0.05, 0.1) is 18.8 Å². The lowest BCUT2D eigenvalue weighted by atomic mass is 10.0. The van der Waals surface area contributed by atoms with Crippen LogP contribution in [0.2, 0.25) is 0 Å². The maximum absolute atomic E-state index is 5.43. The van der Waals surface area contributed by atoms with Crippen LogP contribution in [-0.2, 0) is 0 Å². The normalized spacial score (nSPS) is 23.6. The molecule has 5 rings (SSSR count). The van der Waals surface area contributed by atoms with Gasteiger partial charge in [-0.1, -0.05) is 30.8 Å². The highest BCUT2D eigenvalue weighted by Crippen LogP contribution is 2.47. The topological polar surface area (TPSA) is 42.6 Å². The summed E-state index contributed by atoms with van der Waals surface area (Å²) in [5.41, 5.74) is 3.32.